The first-order valence-electron chi connectivity index (χ1n) is 8.15. The second-order valence-corrected chi connectivity index (χ2v) is 6.03. The average molecular weight is 345 g/mol. The number of rotatable bonds is 4. The van der Waals surface area contributed by atoms with Crippen molar-refractivity contribution in [2.24, 2.45) is 0 Å². The molecule has 0 bridgehead atoms. The van der Waals surface area contributed by atoms with Crippen molar-refractivity contribution in [1.29, 1.82) is 0 Å². The number of aromatic nitrogens is 2. The van der Waals surface area contributed by atoms with Crippen LogP contribution in [0, 0.1) is 10.1 Å². The number of hydrogen-bond acceptors (Lipinski definition) is 3. The lowest BCUT2D eigenvalue weighted by Gasteiger charge is -2.05. The minimum Gasteiger partial charge on any atom is -0.358 e. The summed E-state index contributed by atoms with van der Waals surface area (Å²) in [4.78, 5) is 29.0. The van der Waals surface area contributed by atoms with Crippen molar-refractivity contribution in [2.75, 3.05) is 0 Å². The molecule has 4 aromatic rings. The van der Waals surface area contributed by atoms with Gasteiger partial charge in [0.05, 0.1) is 11.6 Å². The molecule has 0 fully saturated rings. The summed E-state index contributed by atoms with van der Waals surface area (Å²) in [6.45, 7) is 0. The van der Waals surface area contributed by atoms with Crippen LogP contribution in [0.3, 0.4) is 0 Å². The van der Waals surface area contributed by atoms with Crippen LogP contribution in [0.25, 0.3) is 22.2 Å². The van der Waals surface area contributed by atoms with Crippen LogP contribution < -0.4 is 5.43 Å². The average Bonchev–Trinajstić information content (AvgIpc) is 3.01. The third-order valence-electron chi connectivity index (χ3n) is 4.33. The maximum absolute atomic E-state index is 12.4. The summed E-state index contributed by atoms with van der Waals surface area (Å²) in [5.74, 6) is -0.315. The molecule has 0 radical (unpaired) electrons. The second kappa shape index (κ2) is 6.33. The lowest BCUT2D eigenvalue weighted by molar-refractivity contribution is -0.389. The molecule has 0 saturated carbocycles. The lowest BCUT2D eigenvalue weighted by atomic mass is 10.0. The number of nitrogens with one attached hydrogen (secondary N) is 2. The number of hydrogen-bond donors (Lipinski definition) is 2. The van der Waals surface area contributed by atoms with Crippen LogP contribution in [0.1, 0.15) is 11.3 Å². The number of aromatic amines is 2. The van der Waals surface area contributed by atoms with E-state index in [1.807, 2.05) is 60.7 Å². The molecule has 2 aromatic heterocycles. The minimum atomic E-state index is -0.584. The molecular formula is C20H15N3O3. The molecule has 6 nitrogen and oxygen atoms in total. The van der Waals surface area contributed by atoms with Crippen LogP contribution in [0.15, 0.2) is 71.5 Å². The fourth-order valence-corrected chi connectivity index (χ4v) is 3.18. The van der Waals surface area contributed by atoms with Gasteiger partial charge >= 0.3 is 5.82 Å². The van der Waals surface area contributed by atoms with Crippen LogP contribution >= 0.6 is 0 Å². The molecule has 0 aliphatic heterocycles. The summed E-state index contributed by atoms with van der Waals surface area (Å²) in [7, 11) is 0. The normalized spacial score (nSPS) is 10.9. The quantitative estimate of drug-likeness (QED) is 0.432. The van der Waals surface area contributed by atoms with E-state index < -0.39 is 10.4 Å². The largest absolute Gasteiger partial charge is 0.358 e. The van der Waals surface area contributed by atoms with Gasteiger partial charge < -0.3 is 15.1 Å². The molecule has 0 unspecified atom stereocenters. The molecule has 26 heavy (non-hydrogen) atoms. The van der Waals surface area contributed by atoms with Gasteiger partial charge in [0.15, 0.2) is 5.52 Å². The molecule has 0 atom stereocenters. The lowest BCUT2D eigenvalue weighted by Crippen LogP contribution is -2.04. The topological polar surface area (TPSA) is 91.8 Å². The van der Waals surface area contributed by atoms with E-state index in [1.54, 1.807) is 0 Å². The number of benzene rings is 2. The molecule has 128 valence electrons. The zero-order valence-corrected chi connectivity index (χ0v) is 13.7. The summed E-state index contributed by atoms with van der Waals surface area (Å²) in [6.07, 6.45) is 0.584. The first-order chi connectivity index (χ1) is 12.6. The van der Waals surface area contributed by atoms with E-state index in [-0.39, 0.29) is 5.82 Å². The smallest absolute Gasteiger partial charge is 0.325 e. The van der Waals surface area contributed by atoms with Gasteiger partial charge in [0.2, 0.25) is 5.43 Å². The van der Waals surface area contributed by atoms with Crippen LogP contribution in [0.2, 0.25) is 0 Å². The van der Waals surface area contributed by atoms with Gasteiger partial charge in [-0.2, -0.15) is 0 Å². The predicted octanol–water partition coefficient (Wildman–Crippen LogP) is 4.02. The van der Waals surface area contributed by atoms with Crippen molar-refractivity contribution < 1.29 is 4.92 Å². The third kappa shape index (κ3) is 2.77. The zero-order valence-electron chi connectivity index (χ0n) is 13.7. The van der Waals surface area contributed by atoms with Crippen molar-refractivity contribution >= 4 is 16.9 Å². The predicted molar refractivity (Wildman–Crippen MR) is 100 cm³/mol. The van der Waals surface area contributed by atoms with E-state index in [0.717, 1.165) is 28.5 Å². The Bertz CT molecular complexity index is 1150. The van der Waals surface area contributed by atoms with Crippen molar-refractivity contribution in [3.63, 3.8) is 0 Å². The van der Waals surface area contributed by atoms with Crippen molar-refractivity contribution in [2.45, 2.75) is 6.42 Å². The Morgan fingerprint density at radius 3 is 2.19 bits per heavy atom. The highest BCUT2D eigenvalue weighted by Gasteiger charge is 2.21. The van der Waals surface area contributed by atoms with Crippen molar-refractivity contribution in [3.05, 3.63) is 98.3 Å². The Labute approximate surface area is 148 Å². The molecule has 0 aliphatic rings. The molecule has 0 saturated heterocycles. The van der Waals surface area contributed by atoms with Crippen LogP contribution in [-0.2, 0) is 6.42 Å². The van der Waals surface area contributed by atoms with E-state index in [4.69, 9.17) is 0 Å². The van der Waals surface area contributed by atoms with Gasteiger partial charge in [0.25, 0.3) is 0 Å². The monoisotopic (exact) mass is 345 g/mol. The Morgan fingerprint density at radius 2 is 1.54 bits per heavy atom. The molecule has 2 aromatic carbocycles. The van der Waals surface area contributed by atoms with Gasteiger partial charge in [0.1, 0.15) is 5.52 Å². The number of H-pyrrole nitrogens is 2. The Balaban J connectivity index is 2.00. The molecule has 2 heterocycles. The summed E-state index contributed by atoms with van der Waals surface area (Å²) in [6, 6.07) is 20.4. The van der Waals surface area contributed by atoms with E-state index in [1.165, 1.54) is 0 Å². The molecule has 6 heteroatoms. The van der Waals surface area contributed by atoms with E-state index in [9.17, 15) is 14.9 Å². The highest BCUT2D eigenvalue weighted by molar-refractivity contribution is 5.95. The van der Waals surface area contributed by atoms with E-state index in [2.05, 4.69) is 9.97 Å². The highest BCUT2D eigenvalue weighted by atomic mass is 16.6. The fraction of sp³-hybridized carbons (Fsp3) is 0.0500. The molecular weight excluding hydrogens is 330 g/mol. The van der Waals surface area contributed by atoms with Gasteiger partial charge in [0, 0.05) is 12.1 Å². The second-order valence-electron chi connectivity index (χ2n) is 6.03. The third-order valence-corrected chi connectivity index (χ3v) is 4.33. The Kier molecular flexibility index (Phi) is 3.85. The van der Waals surface area contributed by atoms with Gasteiger partial charge in [-0.3, -0.25) is 4.79 Å². The van der Waals surface area contributed by atoms with Gasteiger partial charge in [-0.25, -0.2) is 4.98 Å². The maximum atomic E-state index is 12.4. The fourth-order valence-electron chi connectivity index (χ4n) is 3.18. The van der Waals surface area contributed by atoms with Crippen molar-refractivity contribution in [1.82, 2.24) is 9.97 Å². The van der Waals surface area contributed by atoms with Gasteiger partial charge in [-0.15, -0.1) is 0 Å². The van der Waals surface area contributed by atoms with Crippen LogP contribution in [-0.4, -0.2) is 14.9 Å². The van der Waals surface area contributed by atoms with Crippen LogP contribution in [0.4, 0.5) is 5.82 Å². The summed E-state index contributed by atoms with van der Waals surface area (Å²) in [5, 5.41) is 11.2. The van der Waals surface area contributed by atoms with Crippen molar-refractivity contribution in [3.8, 4) is 11.1 Å². The first-order valence-corrected chi connectivity index (χ1v) is 8.15. The molecule has 0 amide bonds. The minimum absolute atomic E-state index is 0.315. The first kappa shape index (κ1) is 15.8. The number of fused-ring (bicyclic) bond motifs is 1. The molecule has 2 N–H and O–H groups in total. The summed E-state index contributed by atoms with van der Waals surface area (Å²) in [5.41, 5.74) is 4.00. The van der Waals surface area contributed by atoms with E-state index in [0.29, 0.717) is 17.5 Å². The SMILES string of the molecule is O=c1cc([N+](=O)[O-])[nH]c2c(-c3ccccc3)c(Cc3ccccc3)[nH]c12. The summed E-state index contributed by atoms with van der Waals surface area (Å²) < 4.78 is 0. The molecule has 0 spiro atoms. The standard InChI is InChI=1S/C20H15N3O3/c24-16-12-17(23(25)26)22-20-18(14-9-5-2-6-10-14)15(21-19(16)20)11-13-7-3-1-4-8-13/h1-10,12,21H,11H2,(H,22,24). The maximum Gasteiger partial charge on any atom is 0.325 e. The number of nitrogens with zero attached hydrogens (tertiary/aromatic N) is 1. The summed E-state index contributed by atoms with van der Waals surface area (Å²) >= 11 is 0. The Hall–Kier alpha value is -3.67. The Morgan fingerprint density at radius 1 is 0.885 bits per heavy atom. The number of pyridine rings is 1. The van der Waals surface area contributed by atoms with Gasteiger partial charge in [-0.05, 0) is 16.1 Å². The number of nitro groups is 1. The van der Waals surface area contributed by atoms with Gasteiger partial charge in [-0.1, -0.05) is 60.7 Å². The van der Waals surface area contributed by atoms with Crippen LogP contribution in [0.5, 0.6) is 0 Å². The molecule has 4 rings (SSSR count). The zero-order chi connectivity index (χ0) is 18.1. The highest BCUT2D eigenvalue weighted by Crippen LogP contribution is 2.32. The van der Waals surface area contributed by atoms with E-state index >= 15 is 0 Å². The molecule has 0 aliphatic carbocycles.